The lowest BCUT2D eigenvalue weighted by Gasteiger charge is -2.32. The van der Waals surface area contributed by atoms with Gasteiger partial charge in [-0.1, -0.05) is 0 Å². The van der Waals surface area contributed by atoms with Crippen LogP contribution in [0.2, 0.25) is 5.31 Å². The van der Waals surface area contributed by atoms with Crippen molar-refractivity contribution >= 4 is 7.12 Å². The molecule has 96 valence electrons. The predicted molar refractivity (Wildman–Crippen MR) is 66.9 cm³/mol. The Morgan fingerprint density at radius 2 is 1.71 bits per heavy atom. The van der Waals surface area contributed by atoms with Crippen LogP contribution in [0, 0.1) is 5.92 Å². The van der Waals surface area contributed by atoms with Gasteiger partial charge in [0.05, 0.1) is 17.8 Å². The lowest BCUT2D eigenvalue weighted by atomic mass is 9.66. The first-order chi connectivity index (χ1) is 7.87. The molecule has 3 fully saturated rings. The highest BCUT2D eigenvalue weighted by Crippen LogP contribution is 2.67. The molecule has 2 heterocycles. The van der Waals surface area contributed by atoms with E-state index >= 15 is 0 Å². The molecule has 0 aromatic carbocycles. The summed E-state index contributed by atoms with van der Waals surface area (Å²) < 4.78 is 18.1. The maximum Gasteiger partial charge on any atom is 0.467 e. The normalized spacial score (nSPS) is 43.1. The summed E-state index contributed by atoms with van der Waals surface area (Å²) >= 11 is 0. The first kappa shape index (κ1) is 12.0. The molecule has 0 amide bonds. The molecule has 0 radical (unpaired) electrons. The van der Waals surface area contributed by atoms with Gasteiger partial charge in [0.25, 0.3) is 0 Å². The van der Waals surface area contributed by atoms with E-state index in [-0.39, 0.29) is 23.6 Å². The summed E-state index contributed by atoms with van der Waals surface area (Å²) in [4.78, 5) is 0. The zero-order valence-electron chi connectivity index (χ0n) is 11.4. The summed E-state index contributed by atoms with van der Waals surface area (Å²) in [7, 11) is -0.0735. The molecule has 1 aliphatic carbocycles. The largest absolute Gasteiger partial charge is 0.467 e. The van der Waals surface area contributed by atoms with Gasteiger partial charge >= 0.3 is 7.12 Å². The summed E-state index contributed by atoms with van der Waals surface area (Å²) in [5.74, 6) is 0.750. The molecule has 0 aromatic heterocycles. The lowest BCUT2D eigenvalue weighted by Crippen LogP contribution is -2.41. The summed E-state index contributed by atoms with van der Waals surface area (Å²) in [6, 6.07) is 0. The molecule has 1 saturated carbocycles. The molecular formula is C13H23BO3. The van der Waals surface area contributed by atoms with E-state index in [1.54, 1.807) is 0 Å². The Hall–Kier alpha value is -0.0551. The first-order valence-corrected chi connectivity index (χ1v) is 6.81. The zero-order valence-corrected chi connectivity index (χ0v) is 11.4. The van der Waals surface area contributed by atoms with Gasteiger partial charge in [-0.25, -0.2) is 0 Å². The minimum Gasteiger partial charge on any atom is -0.403 e. The Kier molecular flexibility index (Phi) is 2.46. The van der Waals surface area contributed by atoms with Crippen LogP contribution < -0.4 is 0 Å². The number of fused-ring (bicyclic) bond motifs is 1. The van der Waals surface area contributed by atoms with Crippen LogP contribution >= 0.6 is 0 Å². The molecule has 2 atom stereocenters. The van der Waals surface area contributed by atoms with Gasteiger partial charge in [0.1, 0.15) is 0 Å². The third-order valence-electron chi connectivity index (χ3n) is 5.21. The van der Waals surface area contributed by atoms with Gasteiger partial charge in [0, 0.05) is 11.9 Å². The molecule has 3 nitrogen and oxygen atoms in total. The van der Waals surface area contributed by atoms with Gasteiger partial charge in [-0.3, -0.25) is 0 Å². The van der Waals surface area contributed by atoms with E-state index in [0.29, 0.717) is 0 Å². The van der Waals surface area contributed by atoms with Crippen molar-refractivity contribution in [3.63, 3.8) is 0 Å². The van der Waals surface area contributed by atoms with E-state index in [2.05, 4.69) is 27.7 Å². The highest BCUT2D eigenvalue weighted by Gasteiger charge is 2.69. The Morgan fingerprint density at radius 3 is 2.35 bits per heavy atom. The molecule has 0 N–H and O–H groups in total. The molecule has 3 rings (SSSR count). The monoisotopic (exact) mass is 238 g/mol. The SMILES string of the molecule is CC1(C)OB([C@@]23COCCC[C@@H]2C3)OC1(C)C. The summed E-state index contributed by atoms with van der Waals surface area (Å²) in [6.45, 7) is 10.2. The summed E-state index contributed by atoms with van der Waals surface area (Å²) in [5.41, 5.74) is -0.433. The average molecular weight is 238 g/mol. The molecule has 0 aromatic rings. The van der Waals surface area contributed by atoms with Gasteiger partial charge in [-0.05, 0) is 52.9 Å². The van der Waals surface area contributed by atoms with Crippen molar-refractivity contribution in [3.05, 3.63) is 0 Å². The van der Waals surface area contributed by atoms with Crippen molar-refractivity contribution in [2.45, 2.75) is 63.5 Å². The smallest absolute Gasteiger partial charge is 0.403 e. The van der Waals surface area contributed by atoms with Crippen molar-refractivity contribution < 1.29 is 14.0 Å². The van der Waals surface area contributed by atoms with Crippen LogP contribution in [0.1, 0.15) is 47.0 Å². The fraction of sp³-hybridized carbons (Fsp3) is 1.00. The second-order valence-corrected chi connectivity index (χ2v) is 6.92. The Bertz CT molecular complexity index is 313. The summed E-state index contributed by atoms with van der Waals surface area (Å²) in [5, 5.41) is 0.154. The summed E-state index contributed by atoms with van der Waals surface area (Å²) in [6.07, 6.45) is 3.67. The predicted octanol–water partition coefficient (Wildman–Crippen LogP) is 2.65. The highest BCUT2D eigenvalue weighted by molar-refractivity contribution is 6.51. The van der Waals surface area contributed by atoms with Crippen LogP contribution in [0.3, 0.4) is 0 Å². The van der Waals surface area contributed by atoms with Crippen molar-refractivity contribution in [3.8, 4) is 0 Å². The zero-order chi connectivity index (χ0) is 12.3. The van der Waals surface area contributed by atoms with Crippen LogP contribution in [0.25, 0.3) is 0 Å². The number of hydrogen-bond donors (Lipinski definition) is 0. The second-order valence-electron chi connectivity index (χ2n) is 6.92. The molecule has 4 heteroatoms. The first-order valence-electron chi connectivity index (χ1n) is 6.81. The van der Waals surface area contributed by atoms with Crippen molar-refractivity contribution in [1.82, 2.24) is 0 Å². The van der Waals surface area contributed by atoms with Crippen LogP contribution in [-0.2, 0) is 14.0 Å². The van der Waals surface area contributed by atoms with Crippen LogP contribution in [-0.4, -0.2) is 31.5 Å². The maximum atomic E-state index is 6.20. The lowest BCUT2D eigenvalue weighted by molar-refractivity contribution is 0.00578. The standard InChI is InChI=1S/C13H23BO3/c1-11(2)12(3,4)17-14(16-11)13-8-10(13)6-5-7-15-9-13/h10H,5-9H2,1-4H3/t10-,13+/m1/s1. The van der Waals surface area contributed by atoms with E-state index in [1.165, 1.54) is 19.3 Å². The second kappa shape index (κ2) is 3.49. The fourth-order valence-electron chi connectivity index (χ4n) is 3.09. The highest BCUT2D eigenvalue weighted by atomic mass is 16.7. The molecular weight excluding hydrogens is 215 g/mol. The Labute approximate surface area is 104 Å². The van der Waals surface area contributed by atoms with E-state index in [4.69, 9.17) is 14.0 Å². The average Bonchev–Trinajstić information content (AvgIpc) is 2.83. The van der Waals surface area contributed by atoms with Gasteiger partial charge in [0.15, 0.2) is 0 Å². The van der Waals surface area contributed by atoms with Gasteiger partial charge in [0.2, 0.25) is 0 Å². The van der Waals surface area contributed by atoms with E-state index < -0.39 is 0 Å². The quantitative estimate of drug-likeness (QED) is 0.657. The van der Waals surface area contributed by atoms with Crippen molar-refractivity contribution in [2.24, 2.45) is 5.92 Å². The molecule has 3 aliphatic rings. The van der Waals surface area contributed by atoms with Crippen LogP contribution in [0.15, 0.2) is 0 Å². The minimum atomic E-state index is -0.216. The van der Waals surface area contributed by atoms with E-state index in [1.807, 2.05) is 0 Å². The fourth-order valence-corrected chi connectivity index (χ4v) is 3.09. The number of ether oxygens (including phenoxy) is 1. The molecule has 2 saturated heterocycles. The van der Waals surface area contributed by atoms with Gasteiger partial charge < -0.3 is 14.0 Å². The van der Waals surface area contributed by atoms with E-state index in [9.17, 15) is 0 Å². The Balaban J connectivity index is 1.79. The van der Waals surface area contributed by atoms with Crippen molar-refractivity contribution in [2.75, 3.05) is 13.2 Å². The molecule has 0 bridgehead atoms. The molecule has 0 unspecified atom stereocenters. The van der Waals surface area contributed by atoms with Crippen molar-refractivity contribution in [1.29, 1.82) is 0 Å². The van der Waals surface area contributed by atoms with Crippen LogP contribution in [0.4, 0.5) is 0 Å². The molecule has 17 heavy (non-hydrogen) atoms. The Morgan fingerprint density at radius 1 is 1.06 bits per heavy atom. The topological polar surface area (TPSA) is 27.7 Å². The maximum absolute atomic E-state index is 6.20. The van der Waals surface area contributed by atoms with Crippen LogP contribution in [0.5, 0.6) is 0 Å². The van der Waals surface area contributed by atoms with Gasteiger partial charge in [-0.15, -0.1) is 0 Å². The number of rotatable bonds is 1. The molecule has 2 aliphatic heterocycles. The van der Waals surface area contributed by atoms with E-state index in [0.717, 1.165) is 19.1 Å². The third-order valence-corrected chi connectivity index (χ3v) is 5.21. The molecule has 0 spiro atoms. The minimum absolute atomic E-state index is 0.0735. The van der Waals surface area contributed by atoms with Gasteiger partial charge in [-0.2, -0.15) is 0 Å². The number of hydrogen-bond acceptors (Lipinski definition) is 3. The third kappa shape index (κ3) is 1.68.